The maximum absolute atomic E-state index is 13.0. The Hall–Kier alpha value is -2.91. The van der Waals surface area contributed by atoms with Gasteiger partial charge in [0.2, 0.25) is 5.91 Å². The Kier molecular flexibility index (Phi) is 7.23. The van der Waals surface area contributed by atoms with Gasteiger partial charge < -0.3 is 15.4 Å². The average molecular weight is 476 g/mol. The third kappa shape index (κ3) is 5.95. The summed E-state index contributed by atoms with van der Waals surface area (Å²) in [5.74, 6) is 0.0464. The van der Waals surface area contributed by atoms with Crippen LogP contribution in [-0.4, -0.2) is 49.6 Å². The number of carbonyl (C=O) groups excluding carboxylic acids is 2. The normalized spacial score (nSPS) is 21.5. The molecule has 1 saturated heterocycles. The van der Waals surface area contributed by atoms with Crippen LogP contribution in [-0.2, 0) is 15.7 Å². The van der Waals surface area contributed by atoms with Crippen LogP contribution in [0.15, 0.2) is 48.5 Å². The molecule has 3 unspecified atom stereocenters. The van der Waals surface area contributed by atoms with Gasteiger partial charge in [-0.1, -0.05) is 25.1 Å². The largest absolute Gasteiger partial charge is 0.416 e. The van der Waals surface area contributed by atoms with Gasteiger partial charge in [-0.2, -0.15) is 13.2 Å². The molecule has 6 nitrogen and oxygen atoms in total. The number of rotatable bonds is 7. The lowest BCUT2D eigenvalue weighted by Gasteiger charge is -2.35. The second-order valence-corrected chi connectivity index (χ2v) is 8.88. The first-order valence-corrected chi connectivity index (χ1v) is 11.4. The fraction of sp³-hybridized carbons (Fsp3) is 0.440. The topological polar surface area (TPSA) is 70.7 Å². The van der Waals surface area contributed by atoms with E-state index >= 15 is 0 Å². The summed E-state index contributed by atoms with van der Waals surface area (Å²) in [7, 11) is 0. The molecule has 2 aromatic rings. The molecule has 1 aliphatic carbocycles. The van der Waals surface area contributed by atoms with Crippen molar-refractivity contribution < 1.29 is 27.5 Å². The van der Waals surface area contributed by atoms with Crippen molar-refractivity contribution in [1.29, 1.82) is 0 Å². The van der Waals surface area contributed by atoms with Crippen LogP contribution in [0.5, 0.6) is 0 Å². The summed E-state index contributed by atoms with van der Waals surface area (Å²) < 4.78 is 44.4. The molecule has 1 heterocycles. The van der Waals surface area contributed by atoms with E-state index in [-0.39, 0.29) is 30.3 Å². The van der Waals surface area contributed by atoms with Gasteiger partial charge in [0.25, 0.3) is 5.91 Å². The highest BCUT2D eigenvalue weighted by atomic mass is 19.4. The zero-order valence-corrected chi connectivity index (χ0v) is 18.9. The Morgan fingerprint density at radius 3 is 2.41 bits per heavy atom. The summed E-state index contributed by atoms with van der Waals surface area (Å²) in [4.78, 5) is 27.2. The first-order valence-electron chi connectivity index (χ1n) is 11.4. The Balaban J connectivity index is 1.44. The van der Waals surface area contributed by atoms with E-state index in [9.17, 15) is 22.8 Å². The zero-order valence-electron chi connectivity index (χ0n) is 18.9. The SMILES string of the molecule is CC1CC1C(=O)Nc1cccc(C(=O)NCC(c2ccc(C(F)(F)F)cc2)N2CCOCC2)c1. The molecule has 4 rings (SSSR count). The summed E-state index contributed by atoms with van der Waals surface area (Å²) in [6, 6.07) is 11.5. The van der Waals surface area contributed by atoms with Crippen molar-refractivity contribution in [3.8, 4) is 0 Å². The Morgan fingerprint density at radius 2 is 1.79 bits per heavy atom. The van der Waals surface area contributed by atoms with Crippen molar-refractivity contribution in [1.82, 2.24) is 10.2 Å². The monoisotopic (exact) mass is 475 g/mol. The number of alkyl halides is 3. The van der Waals surface area contributed by atoms with Crippen LogP contribution in [0.2, 0.25) is 0 Å². The smallest absolute Gasteiger partial charge is 0.379 e. The summed E-state index contributed by atoms with van der Waals surface area (Å²) in [5, 5.41) is 5.76. The molecular formula is C25H28F3N3O3. The molecule has 1 aliphatic heterocycles. The predicted octanol–water partition coefficient (Wildman–Crippen LogP) is 4.10. The van der Waals surface area contributed by atoms with Crippen LogP contribution >= 0.6 is 0 Å². The number of benzene rings is 2. The van der Waals surface area contributed by atoms with E-state index < -0.39 is 11.7 Å². The second kappa shape index (κ2) is 10.1. The van der Waals surface area contributed by atoms with E-state index in [2.05, 4.69) is 15.5 Å². The number of anilines is 1. The van der Waals surface area contributed by atoms with E-state index in [0.717, 1.165) is 18.6 Å². The summed E-state index contributed by atoms with van der Waals surface area (Å²) in [6.45, 7) is 4.51. The number of nitrogens with zero attached hydrogens (tertiary/aromatic N) is 1. The van der Waals surface area contributed by atoms with E-state index in [1.165, 1.54) is 12.1 Å². The van der Waals surface area contributed by atoms with E-state index in [0.29, 0.717) is 49.0 Å². The molecule has 2 amide bonds. The van der Waals surface area contributed by atoms with Gasteiger partial charge in [-0.15, -0.1) is 0 Å². The predicted molar refractivity (Wildman–Crippen MR) is 121 cm³/mol. The zero-order chi connectivity index (χ0) is 24.3. The van der Waals surface area contributed by atoms with Crippen molar-refractivity contribution in [2.45, 2.75) is 25.6 Å². The Morgan fingerprint density at radius 1 is 1.12 bits per heavy atom. The minimum atomic E-state index is -4.40. The number of morpholine rings is 1. The molecular weight excluding hydrogens is 447 g/mol. The maximum Gasteiger partial charge on any atom is 0.416 e. The lowest BCUT2D eigenvalue weighted by atomic mass is 10.0. The van der Waals surface area contributed by atoms with Gasteiger partial charge in [-0.25, -0.2) is 0 Å². The fourth-order valence-corrected chi connectivity index (χ4v) is 4.19. The first-order chi connectivity index (χ1) is 16.2. The van der Waals surface area contributed by atoms with Crippen molar-refractivity contribution in [3.63, 3.8) is 0 Å². The second-order valence-electron chi connectivity index (χ2n) is 8.88. The number of amides is 2. The van der Waals surface area contributed by atoms with Crippen molar-refractivity contribution in [2.24, 2.45) is 11.8 Å². The summed E-state index contributed by atoms with van der Waals surface area (Å²) in [6.07, 6.45) is -3.53. The molecule has 0 radical (unpaired) electrons. The number of ether oxygens (including phenoxy) is 1. The third-order valence-corrected chi connectivity index (χ3v) is 6.40. The van der Waals surface area contributed by atoms with Crippen LogP contribution in [0, 0.1) is 11.8 Å². The van der Waals surface area contributed by atoms with Crippen LogP contribution in [0.3, 0.4) is 0 Å². The van der Waals surface area contributed by atoms with Gasteiger partial charge in [-0.05, 0) is 48.2 Å². The summed E-state index contributed by atoms with van der Waals surface area (Å²) in [5.41, 5.74) is 0.939. The minimum absolute atomic E-state index is 0.0236. The average Bonchev–Trinajstić information content (AvgIpc) is 3.56. The highest BCUT2D eigenvalue weighted by molar-refractivity contribution is 5.98. The van der Waals surface area contributed by atoms with E-state index in [4.69, 9.17) is 4.74 Å². The number of hydrogen-bond donors (Lipinski definition) is 2. The quantitative estimate of drug-likeness (QED) is 0.633. The standard InChI is InChI=1S/C25H28F3N3O3/c1-16-13-21(16)24(33)30-20-4-2-3-18(14-20)23(32)29-15-22(31-9-11-34-12-10-31)17-5-7-19(8-6-17)25(26,27)28/h2-8,14,16,21-22H,9-13,15H2,1H3,(H,29,32)(H,30,33). The number of carbonyl (C=O) groups is 2. The van der Waals surface area contributed by atoms with Crippen LogP contribution in [0.4, 0.5) is 18.9 Å². The molecule has 2 aliphatic rings. The summed E-state index contributed by atoms with van der Waals surface area (Å²) >= 11 is 0. The third-order valence-electron chi connectivity index (χ3n) is 6.40. The molecule has 3 atom stereocenters. The van der Waals surface area contributed by atoms with Crippen molar-refractivity contribution in [3.05, 3.63) is 65.2 Å². The molecule has 0 spiro atoms. The number of halogens is 3. The van der Waals surface area contributed by atoms with Crippen LogP contribution < -0.4 is 10.6 Å². The number of hydrogen-bond acceptors (Lipinski definition) is 4. The molecule has 2 aromatic carbocycles. The maximum atomic E-state index is 13.0. The van der Waals surface area contributed by atoms with Crippen molar-refractivity contribution in [2.75, 3.05) is 38.2 Å². The Bertz CT molecular complexity index is 1020. The first kappa shape index (κ1) is 24.2. The Labute approximate surface area is 196 Å². The molecule has 1 saturated carbocycles. The van der Waals surface area contributed by atoms with Crippen LogP contribution in [0.25, 0.3) is 0 Å². The number of nitrogens with one attached hydrogen (secondary N) is 2. The highest BCUT2D eigenvalue weighted by Crippen LogP contribution is 2.38. The molecule has 9 heteroatoms. The van der Waals surface area contributed by atoms with E-state index in [1.807, 2.05) is 6.92 Å². The molecule has 2 N–H and O–H groups in total. The highest BCUT2D eigenvalue weighted by Gasteiger charge is 2.39. The van der Waals surface area contributed by atoms with Gasteiger partial charge in [-0.3, -0.25) is 14.5 Å². The van der Waals surface area contributed by atoms with Gasteiger partial charge in [0.1, 0.15) is 0 Å². The van der Waals surface area contributed by atoms with Gasteiger partial charge in [0.15, 0.2) is 0 Å². The van der Waals surface area contributed by atoms with Gasteiger partial charge >= 0.3 is 6.18 Å². The lowest BCUT2D eigenvalue weighted by Crippen LogP contribution is -2.43. The molecule has 0 bridgehead atoms. The van der Waals surface area contributed by atoms with Gasteiger partial charge in [0.05, 0.1) is 24.8 Å². The van der Waals surface area contributed by atoms with Crippen LogP contribution in [0.1, 0.15) is 40.9 Å². The lowest BCUT2D eigenvalue weighted by molar-refractivity contribution is -0.137. The fourth-order valence-electron chi connectivity index (χ4n) is 4.19. The van der Waals surface area contributed by atoms with Gasteiger partial charge in [0, 0.05) is 36.8 Å². The molecule has 2 fully saturated rings. The molecule has 0 aromatic heterocycles. The minimum Gasteiger partial charge on any atom is -0.379 e. The van der Waals surface area contributed by atoms with Crippen molar-refractivity contribution >= 4 is 17.5 Å². The molecule has 34 heavy (non-hydrogen) atoms. The molecule has 182 valence electrons. The van der Waals surface area contributed by atoms with E-state index in [1.54, 1.807) is 24.3 Å².